The van der Waals surface area contributed by atoms with Crippen LogP contribution in [0.5, 0.6) is 0 Å². The van der Waals surface area contributed by atoms with E-state index in [4.69, 9.17) is 10.8 Å². The first-order valence-corrected chi connectivity index (χ1v) is 4.03. The van der Waals surface area contributed by atoms with Crippen LogP contribution in [0.2, 0.25) is 0 Å². The van der Waals surface area contributed by atoms with Crippen molar-refractivity contribution in [1.29, 1.82) is 10.8 Å². The maximum Gasteiger partial charge on any atom is 2.00 e. The molecule has 2 heterocycles. The van der Waals surface area contributed by atoms with Gasteiger partial charge in [0.25, 0.3) is 0 Å². The van der Waals surface area contributed by atoms with E-state index in [0.717, 1.165) is 11.4 Å². The molecular weight excluding hydrogens is 231 g/mol. The minimum atomic E-state index is 0. The van der Waals surface area contributed by atoms with Crippen LogP contribution >= 0.6 is 0 Å². The van der Waals surface area contributed by atoms with Gasteiger partial charge in [0.1, 0.15) is 0 Å². The van der Waals surface area contributed by atoms with Crippen molar-refractivity contribution in [2.75, 3.05) is 0 Å². The summed E-state index contributed by atoms with van der Waals surface area (Å²) >= 11 is 0. The monoisotopic (exact) mass is 241 g/mol. The van der Waals surface area contributed by atoms with E-state index < -0.39 is 0 Å². The fourth-order valence-electron chi connectivity index (χ4n) is 0.798. The van der Waals surface area contributed by atoms with Gasteiger partial charge in [-0.25, -0.2) is 0 Å². The van der Waals surface area contributed by atoms with Crippen LogP contribution in [0.1, 0.15) is 11.4 Å². The topological polar surface area (TPSA) is 75.9 Å². The number of nitrogens with one attached hydrogen (secondary N) is 2. The van der Waals surface area contributed by atoms with Gasteiger partial charge in [0.2, 0.25) is 0 Å². The molecule has 2 aromatic rings. The van der Waals surface area contributed by atoms with Gasteiger partial charge < -0.3 is 20.8 Å². The molecular formula is C10H10MnN4. The molecule has 2 N–H and O–H groups in total. The van der Waals surface area contributed by atoms with Gasteiger partial charge in [-0.2, -0.15) is 12.4 Å². The summed E-state index contributed by atoms with van der Waals surface area (Å²) in [5.41, 5.74) is 1.44. The quantitative estimate of drug-likeness (QED) is 0.613. The molecule has 0 aliphatic rings. The van der Waals surface area contributed by atoms with E-state index >= 15 is 0 Å². The molecule has 0 saturated carbocycles. The Hall–Kier alpha value is -1.58. The van der Waals surface area contributed by atoms with Gasteiger partial charge in [-0.3, -0.25) is 0 Å². The van der Waals surface area contributed by atoms with Gasteiger partial charge in [0.15, 0.2) is 0 Å². The van der Waals surface area contributed by atoms with Crippen molar-refractivity contribution in [3.05, 3.63) is 48.0 Å². The van der Waals surface area contributed by atoms with Crippen LogP contribution < -0.4 is 9.97 Å². The third-order valence-electron chi connectivity index (χ3n) is 1.45. The fraction of sp³-hybridized carbons (Fsp3) is 0. The fourth-order valence-corrected chi connectivity index (χ4v) is 0.798. The molecule has 5 heteroatoms. The molecule has 0 spiro atoms. The number of nitrogens with zero attached hydrogens (tertiary/aromatic N) is 2. The maximum atomic E-state index is 6.67. The summed E-state index contributed by atoms with van der Waals surface area (Å²) in [4.78, 5) is 7.58. The molecule has 0 saturated heterocycles. The van der Waals surface area contributed by atoms with E-state index in [1.165, 1.54) is 12.4 Å². The van der Waals surface area contributed by atoms with Crippen molar-refractivity contribution in [3.63, 3.8) is 0 Å². The molecule has 0 atom stereocenters. The molecule has 77 valence electrons. The largest absolute Gasteiger partial charge is 2.00 e. The van der Waals surface area contributed by atoms with E-state index in [-0.39, 0.29) is 17.1 Å². The molecule has 0 aliphatic heterocycles. The van der Waals surface area contributed by atoms with E-state index in [9.17, 15) is 0 Å². The Morgan fingerprint density at radius 2 is 1.27 bits per heavy atom. The van der Waals surface area contributed by atoms with Gasteiger partial charge in [-0.05, 0) is 0 Å². The number of hydrogen-bond acceptors (Lipinski definition) is 2. The summed E-state index contributed by atoms with van der Waals surface area (Å²) in [5, 5.41) is 13.3. The molecule has 0 aliphatic carbocycles. The Morgan fingerprint density at radius 1 is 0.867 bits per heavy atom. The summed E-state index contributed by atoms with van der Waals surface area (Å²) in [6.45, 7) is 0. The second-order valence-corrected chi connectivity index (χ2v) is 2.41. The summed E-state index contributed by atoms with van der Waals surface area (Å²) in [7, 11) is 0. The van der Waals surface area contributed by atoms with Crippen LogP contribution in [0.4, 0.5) is 0 Å². The minimum Gasteiger partial charge on any atom is -0.663 e. The maximum absolute atomic E-state index is 6.67. The van der Waals surface area contributed by atoms with Crippen LogP contribution in [0.3, 0.4) is 0 Å². The normalized spacial score (nSPS) is 8.00. The Labute approximate surface area is 98.6 Å². The first kappa shape index (κ1) is 13.4. The van der Waals surface area contributed by atoms with Gasteiger partial charge in [0.05, 0.1) is 0 Å². The Balaban J connectivity index is 0.000000245. The molecule has 15 heavy (non-hydrogen) atoms. The zero-order chi connectivity index (χ0) is 10.2. The standard InChI is InChI=1S/2C5H5N2.Mn/c2*6-4-5-2-1-3-7-5;/h2*1-4,6H;/q2*-1;+2. The average molecular weight is 241 g/mol. The van der Waals surface area contributed by atoms with Crippen LogP contribution in [0, 0.1) is 10.8 Å². The third-order valence-corrected chi connectivity index (χ3v) is 1.45. The van der Waals surface area contributed by atoms with Gasteiger partial charge in [0, 0.05) is 12.4 Å². The zero-order valence-electron chi connectivity index (χ0n) is 7.89. The summed E-state index contributed by atoms with van der Waals surface area (Å²) < 4.78 is 0. The Kier molecular flexibility index (Phi) is 6.97. The van der Waals surface area contributed by atoms with Crippen LogP contribution in [0.25, 0.3) is 0 Å². The summed E-state index contributed by atoms with van der Waals surface area (Å²) in [6, 6.07) is 7.18. The molecule has 2 aromatic heterocycles. The number of rotatable bonds is 2. The first-order chi connectivity index (χ1) is 6.86. The van der Waals surface area contributed by atoms with E-state index in [1.807, 2.05) is 0 Å². The molecule has 0 fully saturated rings. The van der Waals surface area contributed by atoms with E-state index in [1.54, 1.807) is 36.7 Å². The van der Waals surface area contributed by atoms with Crippen LogP contribution in [0.15, 0.2) is 36.7 Å². The van der Waals surface area contributed by atoms with Crippen molar-refractivity contribution >= 4 is 12.4 Å². The zero-order valence-corrected chi connectivity index (χ0v) is 9.07. The Bertz CT molecular complexity index is 326. The predicted molar refractivity (Wildman–Crippen MR) is 55.3 cm³/mol. The van der Waals surface area contributed by atoms with Crippen molar-refractivity contribution in [2.24, 2.45) is 0 Å². The van der Waals surface area contributed by atoms with Gasteiger partial charge in [-0.15, -0.1) is 11.4 Å². The second-order valence-electron chi connectivity index (χ2n) is 2.41. The molecule has 0 amide bonds. The Morgan fingerprint density at radius 3 is 1.40 bits per heavy atom. The van der Waals surface area contributed by atoms with Crippen molar-refractivity contribution in [3.8, 4) is 0 Å². The SMILES string of the molecule is N=Cc1ccc[n-]1.N=Cc1ccc[n-]1.[Mn+2]. The van der Waals surface area contributed by atoms with Crippen molar-refractivity contribution in [2.45, 2.75) is 0 Å². The van der Waals surface area contributed by atoms with Crippen LogP contribution in [-0.4, -0.2) is 12.4 Å². The summed E-state index contributed by atoms with van der Waals surface area (Å²) in [6.07, 6.45) is 5.78. The molecule has 4 nitrogen and oxygen atoms in total. The second kappa shape index (κ2) is 7.79. The first-order valence-electron chi connectivity index (χ1n) is 4.03. The van der Waals surface area contributed by atoms with Crippen molar-refractivity contribution in [1.82, 2.24) is 9.97 Å². The molecule has 2 rings (SSSR count). The predicted octanol–water partition coefficient (Wildman–Crippen LogP) is 1.28. The molecule has 1 radical (unpaired) electrons. The average Bonchev–Trinajstić information content (AvgIpc) is 2.92. The molecule has 0 bridgehead atoms. The summed E-state index contributed by atoms with van der Waals surface area (Å²) in [5.74, 6) is 0. The number of hydrogen-bond donors (Lipinski definition) is 2. The molecule has 0 aromatic carbocycles. The van der Waals surface area contributed by atoms with Gasteiger partial charge in [-0.1, -0.05) is 24.3 Å². The minimum absolute atomic E-state index is 0. The third kappa shape index (κ3) is 5.00. The number of aromatic nitrogens is 2. The molecule has 0 unspecified atom stereocenters. The van der Waals surface area contributed by atoms with E-state index in [2.05, 4.69) is 9.97 Å². The van der Waals surface area contributed by atoms with Gasteiger partial charge >= 0.3 is 17.1 Å². The van der Waals surface area contributed by atoms with E-state index in [0.29, 0.717) is 0 Å². The van der Waals surface area contributed by atoms with Crippen molar-refractivity contribution < 1.29 is 17.1 Å². The van der Waals surface area contributed by atoms with Crippen LogP contribution in [-0.2, 0) is 17.1 Å². The smallest absolute Gasteiger partial charge is 0.663 e.